The molecule has 9 heteroatoms. The number of carbonyl (C=O) groups is 2. The van der Waals surface area contributed by atoms with Crippen LogP contribution < -0.4 is 10.6 Å². The average molecular weight is 294 g/mol. The van der Waals surface area contributed by atoms with Crippen molar-refractivity contribution >= 4 is 28.3 Å². The van der Waals surface area contributed by atoms with Crippen molar-refractivity contribution < 1.29 is 28.2 Å². The lowest BCUT2D eigenvalue weighted by Gasteiger charge is -2.07. The Morgan fingerprint density at radius 2 is 2.21 bits per heavy atom. The second-order valence-electron chi connectivity index (χ2n) is 3.32. The predicted molar refractivity (Wildman–Crippen MR) is 65.1 cm³/mol. The van der Waals surface area contributed by atoms with Crippen LogP contribution in [-0.2, 0) is 4.74 Å². The maximum atomic E-state index is 11.7. The third kappa shape index (κ3) is 5.62. The van der Waals surface area contributed by atoms with E-state index in [2.05, 4.69) is 15.4 Å². The summed E-state index contributed by atoms with van der Waals surface area (Å²) >= 11 is 1.07. The van der Waals surface area contributed by atoms with Gasteiger partial charge in [0.15, 0.2) is 0 Å². The largest absolute Gasteiger partial charge is 0.478 e. The Kier molecular flexibility index (Phi) is 6.16. The SMILES string of the molecule is O=C(NCCOCC(F)F)Nc1sccc1C(=O)O. The Bertz CT molecular complexity index is 439. The van der Waals surface area contributed by atoms with E-state index in [0.29, 0.717) is 0 Å². The maximum Gasteiger partial charge on any atom is 0.338 e. The van der Waals surface area contributed by atoms with Crippen LogP contribution in [-0.4, -0.2) is 43.3 Å². The van der Waals surface area contributed by atoms with Crippen LogP contribution in [0.15, 0.2) is 11.4 Å². The third-order valence-corrected chi connectivity index (χ3v) is 2.73. The van der Waals surface area contributed by atoms with Crippen LogP contribution in [0.2, 0.25) is 0 Å². The number of hydrogen-bond acceptors (Lipinski definition) is 4. The van der Waals surface area contributed by atoms with E-state index in [-0.39, 0.29) is 23.7 Å². The highest BCUT2D eigenvalue weighted by Crippen LogP contribution is 2.22. The summed E-state index contributed by atoms with van der Waals surface area (Å²) in [6, 6.07) is 0.750. The Balaban J connectivity index is 2.27. The molecule has 3 N–H and O–H groups in total. The van der Waals surface area contributed by atoms with Crippen molar-refractivity contribution in [1.82, 2.24) is 5.32 Å². The number of anilines is 1. The standard InChI is InChI=1S/C10H12F2N2O4S/c11-7(12)5-18-3-2-13-10(17)14-8-6(9(15)16)1-4-19-8/h1,4,7H,2-3,5H2,(H,15,16)(H2,13,14,17). The molecule has 0 saturated heterocycles. The molecule has 0 fully saturated rings. The molecule has 2 amide bonds. The normalized spacial score (nSPS) is 10.5. The van der Waals surface area contributed by atoms with Gasteiger partial charge in [-0.2, -0.15) is 0 Å². The Hall–Kier alpha value is -1.74. The fourth-order valence-electron chi connectivity index (χ4n) is 1.13. The van der Waals surface area contributed by atoms with E-state index in [1.807, 2.05) is 0 Å². The number of carboxylic acids is 1. The molecule has 0 saturated carbocycles. The van der Waals surface area contributed by atoms with Gasteiger partial charge in [-0.3, -0.25) is 5.32 Å². The molecule has 19 heavy (non-hydrogen) atoms. The summed E-state index contributed by atoms with van der Waals surface area (Å²) in [6.07, 6.45) is -2.54. The zero-order chi connectivity index (χ0) is 14.3. The molecule has 0 atom stereocenters. The molecule has 0 aliphatic heterocycles. The third-order valence-electron chi connectivity index (χ3n) is 1.90. The number of carbonyl (C=O) groups excluding carboxylic acids is 1. The second-order valence-corrected chi connectivity index (χ2v) is 4.23. The van der Waals surface area contributed by atoms with Gasteiger partial charge in [-0.05, 0) is 11.4 Å². The number of rotatable bonds is 7. The molecule has 0 radical (unpaired) electrons. The summed E-state index contributed by atoms with van der Waals surface area (Å²) in [6.45, 7) is -0.683. The number of urea groups is 1. The zero-order valence-electron chi connectivity index (χ0n) is 9.69. The number of alkyl halides is 2. The molecule has 0 aliphatic carbocycles. The first kappa shape index (κ1) is 15.3. The fraction of sp³-hybridized carbons (Fsp3) is 0.400. The molecule has 106 valence electrons. The van der Waals surface area contributed by atoms with Gasteiger partial charge in [-0.25, -0.2) is 18.4 Å². The number of thiophene rings is 1. The molecule has 1 rings (SSSR count). The van der Waals surface area contributed by atoms with E-state index in [9.17, 15) is 18.4 Å². The number of ether oxygens (including phenoxy) is 1. The van der Waals surface area contributed by atoms with Crippen molar-refractivity contribution in [3.8, 4) is 0 Å². The summed E-state index contributed by atoms with van der Waals surface area (Å²) in [5, 5.41) is 15.3. The molecule has 0 spiro atoms. The van der Waals surface area contributed by atoms with Crippen LogP contribution in [0.3, 0.4) is 0 Å². The van der Waals surface area contributed by atoms with Crippen molar-refractivity contribution in [2.75, 3.05) is 25.1 Å². The van der Waals surface area contributed by atoms with Crippen LogP contribution in [0, 0.1) is 0 Å². The molecular formula is C10H12F2N2O4S. The van der Waals surface area contributed by atoms with Gasteiger partial charge in [0, 0.05) is 6.54 Å². The molecule has 0 aromatic carbocycles. The number of aromatic carboxylic acids is 1. The molecule has 0 unspecified atom stereocenters. The lowest BCUT2D eigenvalue weighted by molar-refractivity contribution is 0.0194. The second kappa shape index (κ2) is 7.64. The summed E-state index contributed by atoms with van der Waals surface area (Å²) in [7, 11) is 0. The number of halogens is 2. The Morgan fingerprint density at radius 3 is 2.84 bits per heavy atom. The number of amides is 2. The molecule has 1 heterocycles. The van der Waals surface area contributed by atoms with Crippen molar-refractivity contribution in [3.63, 3.8) is 0 Å². The van der Waals surface area contributed by atoms with Crippen LogP contribution in [0.25, 0.3) is 0 Å². The highest BCUT2D eigenvalue weighted by Gasteiger charge is 2.13. The maximum absolute atomic E-state index is 11.7. The first-order valence-electron chi connectivity index (χ1n) is 5.22. The van der Waals surface area contributed by atoms with Gasteiger partial charge in [0.2, 0.25) is 0 Å². The highest BCUT2D eigenvalue weighted by atomic mass is 32.1. The predicted octanol–water partition coefficient (Wildman–Crippen LogP) is 1.85. The van der Waals surface area contributed by atoms with E-state index < -0.39 is 25.0 Å². The highest BCUT2D eigenvalue weighted by molar-refractivity contribution is 7.14. The van der Waals surface area contributed by atoms with Crippen molar-refractivity contribution in [2.45, 2.75) is 6.43 Å². The van der Waals surface area contributed by atoms with Gasteiger partial charge in [-0.1, -0.05) is 0 Å². The topological polar surface area (TPSA) is 87.7 Å². The lowest BCUT2D eigenvalue weighted by atomic mass is 10.3. The quantitative estimate of drug-likeness (QED) is 0.670. The number of nitrogens with one attached hydrogen (secondary N) is 2. The van der Waals surface area contributed by atoms with E-state index >= 15 is 0 Å². The van der Waals surface area contributed by atoms with Gasteiger partial charge >= 0.3 is 12.0 Å². The van der Waals surface area contributed by atoms with E-state index in [0.717, 1.165) is 11.3 Å². The Morgan fingerprint density at radius 1 is 1.47 bits per heavy atom. The average Bonchev–Trinajstić information content (AvgIpc) is 2.76. The smallest absolute Gasteiger partial charge is 0.338 e. The molecule has 1 aromatic rings. The van der Waals surface area contributed by atoms with Gasteiger partial charge in [0.1, 0.15) is 11.6 Å². The summed E-state index contributed by atoms with van der Waals surface area (Å²) in [4.78, 5) is 22.1. The summed E-state index contributed by atoms with van der Waals surface area (Å²) in [5.41, 5.74) is -0.00546. The van der Waals surface area contributed by atoms with Crippen LogP contribution in [0.5, 0.6) is 0 Å². The van der Waals surface area contributed by atoms with Crippen molar-refractivity contribution in [3.05, 3.63) is 17.0 Å². The van der Waals surface area contributed by atoms with Crippen LogP contribution >= 0.6 is 11.3 Å². The molecule has 0 bridgehead atoms. The van der Waals surface area contributed by atoms with Crippen molar-refractivity contribution in [2.24, 2.45) is 0 Å². The van der Waals surface area contributed by atoms with Gasteiger partial charge in [0.05, 0.1) is 12.2 Å². The van der Waals surface area contributed by atoms with E-state index in [1.54, 1.807) is 0 Å². The van der Waals surface area contributed by atoms with Gasteiger partial charge in [0.25, 0.3) is 6.43 Å². The van der Waals surface area contributed by atoms with Gasteiger partial charge < -0.3 is 15.2 Å². The zero-order valence-corrected chi connectivity index (χ0v) is 10.5. The van der Waals surface area contributed by atoms with Crippen LogP contribution in [0.4, 0.5) is 18.6 Å². The minimum atomic E-state index is -2.54. The fourth-order valence-corrected chi connectivity index (χ4v) is 1.91. The molecule has 1 aromatic heterocycles. The summed E-state index contributed by atoms with van der Waals surface area (Å²) < 4.78 is 28.0. The molecular weight excluding hydrogens is 282 g/mol. The van der Waals surface area contributed by atoms with E-state index in [4.69, 9.17) is 5.11 Å². The van der Waals surface area contributed by atoms with Gasteiger partial charge in [-0.15, -0.1) is 11.3 Å². The summed E-state index contributed by atoms with van der Waals surface area (Å²) in [5.74, 6) is -1.14. The van der Waals surface area contributed by atoms with Crippen LogP contribution in [0.1, 0.15) is 10.4 Å². The monoisotopic (exact) mass is 294 g/mol. The first-order valence-corrected chi connectivity index (χ1v) is 6.10. The number of hydrogen-bond donors (Lipinski definition) is 3. The van der Waals surface area contributed by atoms with Crippen molar-refractivity contribution in [1.29, 1.82) is 0 Å². The lowest BCUT2D eigenvalue weighted by Crippen LogP contribution is -2.32. The minimum absolute atomic E-state index is 0.00546. The molecule has 0 aliphatic rings. The van der Waals surface area contributed by atoms with E-state index in [1.165, 1.54) is 11.4 Å². The number of carboxylic acid groups (broad SMARTS) is 1. The first-order chi connectivity index (χ1) is 9.00. The minimum Gasteiger partial charge on any atom is -0.478 e. The molecule has 6 nitrogen and oxygen atoms in total. The Labute approximate surface area is 111 Å².